The van der Waals surface area contributed by atoms with Crippen molar-refractivity contribution >= 4 is 43.6 Å². The minimum atomic E-state index is 0.551. The van der Waals surface area contributed by atoms with E-state index < -0.39 is 0 Å². The van der Waals surface area contributed by atoms with Crippen molar-refractivity contribution in [2.75, 3.05) is 0 Å². The summed E-state index contributed by atoms with van der Waals surface area (Å²) >= 11 is 0. The number of benzene rings is 6. The van der Waals surface area contributed by atoms with Crippen LogP contribution in [0.15, 0.2) is 156 Å². The highest BCUT2D eigenvalue weighted by atomic mass is 16.4. The van der Waals surface area contributed by atoms with Gasteiger partial charge in [-0.25, -0.2) is 0 Å². The standard InChI is InChI=1S/C39H25N3O/c1-4-14-26(15-5-1)37-38(27-16-6-2-7-17-27)43-39(40-37)42-32-23-13-11-21-30(32)36-34(42)25-24-33-35(36)29-20-10-12-22-31(29)41(33)28-18-8-3-9-19-28/h1-25H. The van der Waals surface area contributed by atoms with Gasteiger partial charge < -0.3 is 8.98 Å². The Bertz CT molecular complexity index is 2380. The van der Waals surface area contributed by atoms with E-state index in [2.05, 4.69) is 124 Å². The third-order valence-corrected chi connectivity index (χ3v) is 8.38. The first kappa shape index (κ1) is 23.8. The fourth-order valence-corrected chi connectivity index (χ4v) is 6.56. The fraction of sp³-hybridized carbons (Fsp3) is 0. The molecule has 4 heteroatoms. The van der Waals surface area contributed by atoms with E-state index >= 15 is 0 Å². The Morgan fingerprint density at radius 1 is 0.419 bits per heavy atom. The van der Waals surface area contributed by atoms with Gasteiger partial charge in [0.15, 0.2) is 5.76 Å². The number of hydrogen-bond donors (Lipinski definition) is 0. The van der Waals surface area contributed by atoms with Gasteiger partial charge in [0, 0.05) is 38.4 Å². The van der Waals surface area contributed by atoms with Gasteiger partial charge in [0.2, 0.25) is 0 Å². The van der Waals surface area contributed by atoms with Crippen molar-refractivity contribution in [3.05, 3.63) is 152 Å². The molecule has 0 atom stereocenters. The molecule has 0 saturated carbocycles. The van der Waals surface area contributed by atoms with E-state index in [0.717, 1.165) is 39.3 Å². The lowest BCUT2D eigenvalue weighted by molar-refractivity contribution is 0.548. The summed E-state index contributed by atoms with van der Waals surface area (Å²) in [6.45, 7) is 0. The summed E-state index contributed by atoms with van der Waals surface area (Å²) in [5.74, 6) is 0.759. The largest absolute Gasteiger partial charge is 0.422 e. The highest BCUT2D eigenvalue weighted by molar-refractivity contribution is 6.28. The van der Waals surface area contributed by atoms with Crippen LogP contribution in [0, 0.1) is 0 Å². The molecule has 0 N–H and O–H groups in total. The van der Waals surface area contributed by atoms with Crippen LogP contribution in [-0.4, -0.2) is 14.1 Å². The smallest absolute Gasteiger partial charge is 0.307 e. The molecule has 4 nitrogen and oxygen atoms in total. The molecule has 0 amide bonds. The van der Waals surface area contributed by atoms with E-state index in [1.165, 1.54) is 32.6 Å². The molecule has 0 unspecified atom stereocenters. The maximum atomic E-state index is 6.74. The molecule has 6 aromatic carbocycles. The van der Waals surface area contributed by atoms with Gasteiger partial charge in [-0.1, -0.05) is 115 Å². The second-order valence-electron chi connectivity index (χ2n) is 10.8. The lowest BCUT2D eigenvalue weighted by Crippen LogP contribution is -1.95. The van der Waals surface area contributed by atoms with Gasteiger partial charge in [0.25, 0.3) is 0 Å². The Morgan fingerprint density at radius 2 is 0.907 bits per heavy atom. The molecule has 0 bridgehead atoms. The number of para-hydroxylation sites is 3. The molecule has 0 aliphatic carbocycles. The highest BCUT2D eigenvalue weighted by Gasteiger charge is 2.24. The van der Waals surface area contributed by atoms with Gasteiger partial charge in [-0.15, -0.1) is 0 Å². The van der Waals surface area contributed by atoms with Crippen LogP contribution in [0.3, 0.4) is 0 Å². The zero-order chi connectivity index (χ0) is 28.3. The van der Waals surface area contributed by atoms with Crippen LogP contribution in [0.25, 0.3) is 77.9 Å². The second-order valence-corrected chi connectivity index (χ2v) is 10.8. The minimum absolute atomic E-state index is 0.551. The second kappa shape index (κ2) is 9.33. The molecule has 0 radical (unpaired) electrons. The van der Waals surface area contributed by atoms with Crippen molar-refractivity contribution < 1.29 is 4.42 Å². The molecule has 0 fully saturated rings. The minimum Gasteiger partial charge on any atom is -0.422 e. The Hall–Kier alpha value is -5.87. The summed E-state index contributed by atoms with van der Waals surface area (Å²) in [6.07, 6.45) is 0. The number of nitrogens with zero attached hydrogens (tertiary/aromatic N) is 3. The molecule has 0 aliphatic rings. The average Bonchev–Trinajstić information content (AvgIpc) is 3.76. The van der Waals surface area contributed by atoms with Gasteiger partial charge in [0.05, 0.1) is 22.1 Å². The number of aromatic nitrogens is 3. The van der Waals surface area contributed by atoms with Gasteiger partial charge >= 0.3 is 6.01 Å². The van der Waals surface area contributed by atoms with Crippen molar-refractivity contribution in [1.82, 2.24) is 14.1 Å². The Morgan fingerprint density at radius 3 is 1.53 bits per heavy atom. The molecular weight excluding hydrogens is 526 g/mol. The molecule has 3 aromatic heterocycles. The molecule has 3 heterocycles. The van der Waals surface area contributed by atoms with Crippen LogP contribution in [0.2, 0.25) is 0 Å². The van der Waals surface area contributed by atoms with E-state index in [-0.39, 0.29) is 0 Å². The van der Waals surface area contributed by atoms with Crippen LogP contribution in [0.4, 0.5) is 0 Å². The number of hydrogen-bond acceptors (Lipinski definition) is 2. The normalized spacial score (nSPS) is 11.7. The lowest BCUT2D eigenvalue weighted by Gasteiger charge is -2.07. The number of rotatable bonds is 4. The highest BCUT2D eigenvalue weighted by Crippen LogP contribution is 2.43. The van der Waals surface area contributed by atoms with E-state index in [0.29, 0.717) is 6.01 Å². The summed E-state index contributed by atoms with van der Waals surface area (Å²) < 4.78 is 11.3. The van der Waals surface area contributed by atoms with Crippen LogP contribution in [0.1, 0.15) is 0 Å². The summed E-state index contributed by atoms with van der Waals surface area (Å²) in [4.78, 5) is 5.19. The zero-order valence-corrected chi connectivity index (χ0v) is 23.2. The SMILES string of the molecule is c1ccc(-c2nc(-n3c4ccccc4c4c5c6ccccc6n(-c6ccccc6)c5ccc43)oc2-c2ccccc2)cc1. The van der Waals surface area contributed by atoms with Crippen molar-refractivity contribution in [2.24, 2.45) is 0 Å². The summed E-state index contributed by atoms with van der Waals surface area (Å²) in [6, 6.07) is 53.3. The third kappa shape index (κ3) is 3.53. The quantitative estimate of drug-likeness (QED) is 0.218. The van der Waals surface area contributed by atoms with E-state index in [1.807, 2.05) is 36.4 Å². The summed E-state index contributed by atoms with van der Waals surface area (Å²) in [5, 5.41) is 4.81. The van der Waals surface area contributed by atoms with Gasteiger partial charge in [0.1, 0.15) is 5.69 Å². The molecule has 43 heavy (non-hydrogen) atoms. The predicted octanol–water partition coefficient (Wildman–Crippen LogP) is 10.2. The van der Waals surface area contributed by atoms with Crippen LogP contribution >= 0.6 is 0 Å². The lowest BCUT2D eigenvalue weighted by atomic mass is 10.1. The Labute approximate surface area is 247 Å². The first-order valence-electron chi connectivity index (χ1n) is 14.5. The van der Waals surface area contributed by atoms with E-state index in [1.54, 1.807) is 0 Å². The monoisotopic (exact) mass is 551 g/mol. The maximum absolute atomic E-state index is 6.74. The third-order valence-electron chi connectivity index (χ3n) is 8.38. The van der Waals surface area contributed by atoms with Gasteiger partial charge in [-0.05, 0) is 36.4 Å². The van der Waals surface area contributed by atoms with Gasteiger partial charge in [-0.3, -0.25) is 4.57 Å². The molecule has 0 spiro atoms. The van der Waals surface area contributed by atoms with Gasteiger partial charge in [-0.2, -0.15) is 4.98 Å². The number of oxazole rings is 1. The van der Waals surface area contributed by atoms with Crippen molar-refractivity contribution in [3.8, 4) is 34.3 Å². The predicted molar refractivity (Wildman–Crippen MR) is 176 cm³/mol. The van der Waals surface area contributed by atoms with Crippen molar-refractivity contribution in [2.45, 2.75) is 0 Å². The Balaban J connectivity index is 1.40. The molecule has 0 aliphatic heterocycles. The molecule has 9 aromatic rings. The topological polar surface area (TPSA) is 35.9 Å². The maximum Gasteiger partial charge on any atom is 0.307 e. The summed E-state index contributed by atoms with van der Waals surface area (Å²) in [7, 11) is 0. The van der Waals surface area contributed by atoms with Crippen LogP contribution in [-0.2, 0) is 0 Å². The van der Waals surface area contributed by atoms with E-state index in [9.17, 15) is 0 Å². The first-order chi connectivity index (χ1) is 21.4. The van der Waals surface area contributed by atoms with Crippen molar-refractivity contribution in [1.29, 1.82) is 0 Å². The average molecular weight is 552 g/mol. The molecule has 202 valence electrons. The number of fused-ring (bicyclic) bond motifs is 7. The molecule has 9 rings (SSSR count). The zero-order valence-electron chi connectivity index (χ0n) is 23.2. The Kier molecular flexibility index (Phi) is 5.16. The fourth-order valence-electron chi connectivity index (χ4n) is 6.56. The first-order valence-corrected chi connectivity index (χ1v) is 14.5. The molecule has 0 saturated heterocycles. The van der Waals surface area contributed by atoms with Crippen molar-refractivity contribution in [3.63, 3.8) is 0 Å². The van der Waals surface area contributed by atoms with Crippen LogP contribution < -0.4 is 0 Å². The van der Waals surface area contributed by atoms with E-state index in [4.69, 9.17) is 9.40 Å². The summed E-state index contributed by atoms with van der Waals surface area (Å²) in [5.41, 5.74) is 8.46. The van der Waals surface area contributed by atoms with Crippen LogP contribution in [0.5, 0.6) is 0 Å². The molecular formula is C39H25N3O.